The van der Waals surface area contributed by atoms with Crippen molar-refractivity contribution < 1.29 is 4.79 Å². The highest BCUT2D eigenvalue weighted by Gasteiger charge is 2.22. The van der Waals surface area contributed by atoms with E-state index in [0.29, 0.717) is 0 Å². The molecule has 16 heavy (non-hydrogen) atoms. The lowest BCUT2D eigenvalue weighted by Crippen LogP contribution is -2.13. The number of benzene rings is 1. The quantitative estimate of drug-likeness (QED) is 0.705. The SMILES string of the molecule is CCCc1ccc(C(C(=O)Cl)C(C)C)cc1. The Balaban J connectivity index is 2.90. The molecule has 0 aliphatic heterocycles. The third kappa shape index (κ3) is 3.34. The van der Waals surface area contributed by atoms with E-state index in [1.807, 2.05) is 26.0 Å². The van der Waals surface area contributed by atoms with Crippen molar-refractivity contribution >= 4 is 16.8 Å². The second-order valence-electron chi connectivity index (χ2n) is 4.52. The summed E-state index contributed by atoms with van der Waals surface area (Å²) in [6.07, 6.45) is 2.23. The molecule has 0 saturated carbocycles. The molecule has 0 aliphatic carbocycles. The second-order valence-corrected chi connectivity index (χ2v) is 4.89. The highest BCUT2D eigenvalue weighted by atomic mass is 35.5. The van der Waals surface area contributed by atoms with Gasteiger partial charge < -0.3 is 0 Å². The van der Waals surface area contributed by atoms with E-state index >= 15 is 0 Å². The molecule has 0 amide bonds. The lowest BCUT2D eigenvalue weighted by atomic mass is 9.89. The Labute approximate surface area is 103 Å². The highest BCUT2D eigenvalue weighted by molar-refractivity contribution is 6.64. The Hall–Kier alpha value is -0.820. The number of carbonyl (C=O) groups excluding carboxylic acids is 1. The van der Waals surface area contributed by atoms with Crippen molar-refractivity contribution in [2.45, 2.75) is 39.5 Å². The van der Waals surface area contributed by atoms with E-state index in [1.54, 1.807) is 0 Å². The van der Waals surface area contributed by atoms with E-state index in [9.17, 15) is 4.79 Å². The molecule has 0 radical (unpaired) electrons. The van der Waals surface area contributed by atoms with Gasteiger partial charge in [-0.1, -0.05) is 51.5 Å². The predicted octanol–water partition coefficient (Wildman–Crippen LogP) is 4.14. The van der Waals surface area contributed by atoms with Crippen molar-refractivity contribution in [1.82, 2.24) is 0 Å². The maximum atomic E-state index is 11.4. The van der Waals surface area contributed by atoms with Gasteiger partial charge in [-0.25, -0.2) is 0 Å². The number of halogens is 1. The van der Waals surface area contributed by atoms with Gasteiger partial charge in [-0.3, -0.25) is 4.79 Å². The van der Waals surface area contributed by atoms with E-state index in [2.05, 4.69) is 19.1 Å². The zero-order chi connectivity index (χ0) is 12.1. The number of hydrogen-bond donors (Lipinski definition) is 0. The number of rotatable bonds is 5. The summed E-state index contributed by atoms with van der Waals surface area (Å²) in [7, 11) is 0. The summed E-state index contributed by atoms with van der Waals surface area (Å²) in [5.74, 6) is 0.0550. The van der Waals surface area contributed by atoms with Gasteiger partial charge in [-0.2, -0.15) is 0 Å². The Morgan fingerprint density at radius 2 is 1.81 bits per heavy atom. The molecule has 1 unspecified atom stereocenters. The average Bonchev–Trinajstić information content (AvgIpc) is 2.20. The summed E-state index contributed by atoms with van der Waals surface area (Å²) >= 11 is 5.64. The van der Waals surface area contributed by atoms with Crippen LogP contribution in [0.3, 0.4) is 0 Å². The molecule has 1 nitrogen and oxygen atoms in total. The first-order chi connectivity index (χ1) is 7.56. The largest absolute Gasteiger partial charge is 0.281 e. The third-order valence-corrected chi connectivity index (χ3v) is 3.02. The first-order valence-electron chi connectivity index (χ1n) is 5.84. The lowest BCUT2D eigenvalue weighted by molar-refractivity contribution is -0.113. The van der Waals surface area contributed by atoms with Crippen LogP contribution in [-0.2, 0) is 11.2 Å². The third-order valence-electron chi connectivity index (χ3n) is 2.79. The van der Waals surface area contributed by atoms with Crippen LogP contribution in [0.4, 0.5) is 0 Å². The van der Waals surface area contributed by atoms with Crippen LogP contribution in [-0.4, -0.2) is 5.24 Å². The molecule has 0 bridgehead atoms. The number of hydrogen-bond acceptors (Lipinski definition) is 1. The fourth-order valence-electron chi connectivity index (χ4n) is 1.96. The molecule has 0 spiro atoms. The maximum Gasteiger partial charge on any atom is 0.229 e. The van der Waals surface area contributed by atoms with Crippen LogP contribution < -0.4 is 0 Å². The van der Waals surface area contributed by atoms with Gasteiger partial charge in [0.2, 0.25) is 5.24 Å². The van der Waals surface area contributed by atoms with Gasteiger partial charge in [-0.05, 0) is 35.1 Å². The van der Waals surface area contributed by atoms with Gasteiger partial charge in [-0.15, -0.1) is 0 Å². The topological polar surface area (TPSA) is 17.1 Å². The fraction of sp³-hybridized carbons (Fsp3) is 0.500. The van der Waals surface area contributed by atoms with Gasteiger partial charge in [0.25, 0.3) is 0 Å². The standard InChI is InChI=1S/C14H19ClO/c1-4-5-11-6-8-12(9-7-11)13(10(2)3)14(15)16/h6-10,13H,4-5H2,1-3H3. The molecule has 0 fully saturated rings. The monoisotopic (exact) mass is 238 g/mol. The summed E-state index contributed by atoms with van der Waals surface area (Å²) < 4.78 is 0. The zero-order valence-electron chi connectivity index (χ0n) is 10.2. The molecule has 88 valence electrons. The van der Waals surface area contributed by atoms with Crippen LogP contribution in [0, 0.1) is 5.92 Å². The summed E-state index contributed by atoms with van der Waals surface area (Å²) in [5, 5.41) is -0.266. The molecule has 1 aromatic carbocycles. The van der Waals surface area contributed by atoms with Crippen LogP contribution in [0.15, 0.2) is 24.3 Å². The Morgan fingerprint density at radius 1 is 1.25 bits per heavy atom. The van der Waals surface area contributed by atoms with Crippen LogP contribution in [0.1, 0.15) is 44.2 Å². The summed E-state index contributed by atoms with van der Waals surface area (Å²) in [4.78, 5) is 11.4. The second kappa shape index (κ2) is 6.05. The molecule has 0 aliphatic rings. The number of aryl methyl sites for hydroxylation is 1. The average molecular weight is 239 g/mol. The molecule has 0 N–H and O–H groups in total. The molecule has 1 aromatic rings. The van der Waals surface area contributed by atoms with Gasteiger partial charge in [0.15, 0.2) is 0 Å². The van der Waals surface area contributed by atoms with Gasteiger partial charge >= 0.3 is 0 Å². The van der Waals surface area contributed by atoms with Crippen molar-refractivity contribution in [2.75, 3.05) is 0 Å². The normalized spacial score (nSPS) is 12.8. The van der Waals surface area contributed by atoms with E-state index in [1.165, 1.54) is 5.56 Å². The first-order valence-corrected chi connectivity index (χ1v) is 6.22. The zero-order valence-corrected chi connectivity index (χ0v) is 10.9. The van der Waals surface area contributed by atoms with Crippen molar-refractivity contribution in [3.05, 3.63) is 35.4 Å². The Morgan fingerprint density at radius 3 is 2.19 bits per heavy atom. The molecule has 0 saturated heterocycles. The smallest absolute Gasteiger partial charge is 0.229 e. The Bertz CT molecular complexity index is 340. The van der Waals surface area contributed by atoms with Crippen molar-refractivity contribution in [3.8, 4) is 0 Å². The van der Waals surface area contributed by atoms with Crippen molar-refractivity contribution in [3.63, 3.8) is 0 Å². The minimum atomic E-state index is -0.266. The van der Waals surface area contributed by atoms with Gasteiger partial charge in [0.1, 0.15) is 0 Å². The fourth-order valence-corrected chi connectivity index (χ4v) is 2.34. The highest BCUT2D eigenvalue weighted by Crippen LogP contribution is 2.27. The van der Waals surface area contributed by atoms with Crippen LogP contribution in [0.25, 0.3) is 0 Å². The van der Waals surface area contributed by atoms with E-state index < -0.39 is 0 Å². The van der Waals surface area contributed by atoms with Crippen molar-refractivity contribution in [1.29, 1.82) is 0 Å². The first kappa shape index (κ1) is 13.2. The van der Waals surface area contributed by atoms with Crippen LogP contribution in [0.5, 0.6) is 0 Å². The molecule has 1 rings (SSSR count). The van der Waals surface area contributed by atoms with Gasteiger partial charge in [0, 0.05) is 0 Å². The summed E-state index contributed by atoms with van der Waals surface area (Å²) in [5.41, 5.74) is 2.34. The summed E-state index contributed by atoms with van der Waals surface area (Å²) in [6, 6.07) is 8.23. The minimum absolute atomic E-state index is 0.183. The van der Waals surface area contributed by atoms with E-state index in [0.717, 1.165) is 18.4 Å². The molecule has 0 aromatic heterocycles. The molecule has 1 atom stereocenters. The summed E-state index contributed by atoms with van der Waals surface area (Å²) in [6.45, 7) is 6.20. The molecular weight excluding hydrogens is 220 g/mol. The lowest BCUT2D eigenvalue weighted by Gasteiger charge is -2.17. The van der Waals surface area contributed by atoms with Crippen LogP contribution in [0.2, 0.25) is 0 Å². The van der Waals surface area contributed by atoms with E-state index in [4.69, 9.17) is 11.6 Å². The van der Waals surface area contributed by atoms with Crippen molar-refractivity contribution in [2.24, 2.45) is 5.92 Å². The van der Waals surface area contributed by atoms with E-state index in [-0.39, 0.29) is 17.1 Å². The number of carbonyl (C=O) groups is 1. The molecular formula is C14H19ClO. The molecule has 0 heterocycles. The van der Waals surface area contributed by atoms with Gasteiger partial charge in [0.05, 0.1) is 5.92 Å². The predicted molar refractivity (Wildman–Crippen MR) is 68.9 cm³/mol. The maximum absolute atomic E-state index is 11.4. The molecule has 2 heteroatoms. The van der Waals surface area contributed by atoms with Crippen LogP contribution >= 0.6 is 11.6 Å². The minimum Gasteiger partial charge on any atom is -0.281 e. The Kier molecular flexibility index (Phi) is 5.01.